The molecule has 2 aliphatic rings. The molecule has 1 aromatic carbocycles. The predicted molar refractivity (Wildman–Crippen MR) is 203 cm³/mol. The van der Waals surface area contributed by atoms with Crippen LogP contribution in [0.3, 0.4) is 0 Å². The Hall–Kier alpha value is -1.90. The van der Waals surface area contributed by atoms with Crippen LogP contribution in [0.2, 0.25) is 5.02 Å². The van der Waals surface area contributed by atoms with Crippen LogP contribution in [0.5, 0.6) is 0 Å². The van der Waals surface area contributed by atoms with Crippen LogP contribution in [0.4, 0.5) is 5.82 Å². The van der Waals surface area contributed by atoms with E-state index in [1.54, 1.807) is 38.1 Å². The van der Waals surface area contributed by atoms with Gasteiger partial charge in [-0.15, -0.1) is 0 Å². The highest BCUT2D eigenvalue weighted by Gasteiger charge is 2.64. The topological polar surface area (TPSA) is 171 Å². The van der Waals surface area contributed by atoms with E-state index in [0.717, 1.165) is 19.3 Å². The van der Waals surface area contributed by atoms with E-state index in [4.69, 9.17) is 35.1 Å². The van der Waals surface area contributed by atoms with Crippen LogP contribution >= 0.6 is 19.4 Å². The maximum Gasteiger partial charge on any atom is 0.470 e. The first-order valence-electron chi connectivity index (χ1n) is 19.5. The molecule has 1 aromatic heterocycles. The lowest BCUT2D eigenvalue weighted by molar-refractivity contribution is -0.224. The largest absolute Gasteiger partial charge is 0.470 e. The van der Waals surface area contributed by atoms with Crippen LogP contribution in [-0.4, -0.2) is 61.9 Å². The zero-order valence-corrected chi connectivity index (χ0v) is 33.3. The Morgan fingerprint density at radius 2 is 1.45 bits per heavy atom. The van der Waals surface area contributed by atoms with Gasteiger partial charge in [-0.3, -0.25) is 19.8 Å². The molecule has 2 fully saturated rings. The lowest BCUT2D eigenvalue weighted by atomic mass is 9.82. The maximum absolute atomic E-state index is 13.0. The van der Waals surface area contributed by atoms with Gasteiger partial charge in [0.05, 0.1) is 0 Å². The molecule has 0 spiro atoms. The number of halogens is 1. The molecule has 0 bridgehead atoms. The molecule has 0 saturated carbocycles. The molecule has 0 unspecified atom stereocenters. The van der Waals surface area contributed by atoms with E-state index in [9.17, 15) is 24.4 Å². The number of rotatable bonds is 26. The van der Waals surface area contributed by atoms with E-state index < -0.39 is 49.4 Å². The van der Waals surface area contributed by atoms with E-state index in [2.05, 4.69) is 11.9 Å². The second-order valence-corrected chi connectivity index (χ2v) is 16.3. The summed E-state index contributed by atoms with van der Waals surface area (Å²) in [6, 6.07) is 7.97. The number of unbranched alkanes of at least 4 members (excludes halogenated alkanes) is 15. The van der Waals surface area contributed by atoms with Gasteiger partial charge < -0.3 is 28.7 Å². The molecule has 2 aromatic rings. The van der Waals surface area contributed by atoms with Gasteiger partial charge in [-0.2, -0.15) is 4.98 Å². The number of nitrogens with zero attached hydrogens (tertiary/aromatic N) is 2. The first kappa shape index (κ1) is 43.8. The Kier molecular flexibility index (Phi) is 17.7. The molecule has 300 valence electrons. The Labute approximate surface area is 319 Å². The maximum atomic E-state index is 13.0. The summed E-state index contributed by atoms with van der Waals surface area (Å²) in [5, 5.41) is 9.44. The number of benzene rings is 1. The van der Waals surface area contributed by atoms with Crippen LogP contribution in [0.1, 0.15) is 142 Å². The molecule has 5 atom stereocenters. The van der Waals surface area contributed by atoms with E-state index in [0.29, 0.717) is 6.61 Å². The summed E-state index contributed by atoms with van der Waals surface area (Å²) in [7, 11) is -5.21. The quantitative estimate of drug-likeness (QED) is 0.0407. The molecule has 2 aliphatic heterocycles. The highest BCUT2D eigenvalue weighted by Crippen LogP contribution is 2.56. The number of ether oxygens (including phenoxy) is 4. The third kappa shape index (κ3) is 13.1. The number of aromatic nitrogens is 2. The zero-order valence-electron chi connectivity index (χ0n) is 31.6. The van der Waals surface area contributed by atoms with Gasteiger partial charge in [0, 0.05) is 36.4 Å². The second kappa shape index (κ2) is 21.4. The zero-order chi connectivity index (χ0) is 38.3. The molecule has 4 N–H and O–H groups in total. The molecule has 3 heterocycles. The predicted octanol–water partition coefficient (Wildman–Crippen LogP) is 8.79. The molecule has 4 rings (SSSR count). The van der Waals surface area contributed by atoms with Crippen molar-refractivity contribution in [2.45, 2.75) is 166 Å². The van der Waals surface area contributed by atoms with Crippen molar-refractivity contribution in [1.82, 2.24) is 9.55 Å². The van der Waals surface area contributed by atoms with Crippen LogP contribution in [-0.2, 0) is 33.6 Å². The summed E-state index contributed by atoms with van der Waals surface area (Å²) < 4.78 is 44.7. The first-order valence-corrected chi connectivity index (χ1v) is 21.4. The van der Waals surface area contributed by atoms with Gasteiger partial charge in [0.1, 0.15) is 23.9 Å². The van der Waals surface area contributed by atoms with E-state index in [-0.39, 0.29) is 29.4 Å². The Morgan fingerprint density at radius 1 is 0.887 bits per heavy atom. The average Bonchev–Trinajstić information content (AvgIpc) is 3.61. The van der Waals surface area contributed by atoms with Crippen molar-refractivity contribution in [3.8, 4) is 0 Å². The minimum atomic E-state index is -5.21. The first-order chi connectivity index (χ1) is 25.4. The Balaban J connectivity index is 1.35. The number of nitrogens with one attached hydrogen (secondary N) is 1. The number of phosphoric acid groups is 1. The third-order valence-electron chi connectivity index (χ3n) is 10.1. The van der Waals surface area contributed by atoms with E-state index in [1.807, 2.05) is 5.48 Å². The number of phosphoric ester groups is 1. The van der Waals surface area contributed by atoms with Gasteiger partial charge in [0.2, 0.25) is 0 Å². The van der Waals surface area contributed by atoms with Gasteiger partial charge in [-0.05, 0) is 32.4 Å². The van der Waals surface area contributed by atoms with Crippen molar-refractivity contribution >= 4 is 25.2 Å². The number of hydrogen-bond acceptors (Lipinski definition) is 10. The van der Waals surface area contributed by atoms with Crippen molar-refractivity contribution in [1.29, 1.82) is 0 Å². The molecule has 0 radical (unpaired) electrons. The van der Waals surface area contributed by atoms with E-state index >= 15 is 0 Å². The van der Waals surface area contributed by atoms with Crippen molar-refractivity contribution < 1.29 is 43.0 Å². The SMILES string of the molecule is CCCCCCCCCCCCCCCCCCOCC[C@@](OP(=O)(O)O)(c1ccccc1Cl)[C@@H]1O[C@@H](n2ccc(NO)nc2=O)[C@@H]2OC(C)(C)O[C@@H]21. The monoisotopic (exact) mass is 785 g/mol. The highest BCUT2D eigenvalue weighted by atomic mass is 35.5. The van der Waals surface area contributed by atoms with Crippen LogP contribution in [0.15, 0.2) is 41.3 Å². The van der Waals surface area contributed by atoms with Crippen molar-refractivity contribution in [2.75, 3.05) is 18.7 Å². The standard InChI is InChI=1S/C38H61ClN3O10P/c1-4-5-6-7-8-9-10-11-12-13-14-15-16-17-18-21-27-48-28-25-38(52-53(45,46)47,29-22-19-20-23-30(29)39)34-32-33(51-37(2,3)50-32)35(49-34)42-26-24-31(41-44)40-36(42)43/h19-20,22-24,26,32-35,44H,4-18,21,25,27-28H2,1-3H3,(H,40,41,43)(H2,45,46,47)/t32-,33+,34+,35+,38+/m0/s1. The summed E-state index contributed by atoms with van der Waals surface area (Å²) in [6.07, 6.45) is 17.4. The third-order valence-corrected chi connectivity index (χ3v) is 11.0. The van der Waals surface area contributed by atoms with Crippen molar-refractivity contribution in [3.63, 3.8) is 0 Å². The molecular weight excluding hydrogens is 725 g/mol. The van der Waals surface area contributed by atoms with Gasteiger partial charge in [0.15, 0.2) is 17.8 Å². The van der Waals surface area contributed by atoms with Crippen LogP contribution in [0.25, 0.3) is 0 Å². The summed E-state index contributed by atoms with van der Waals surface area (Å²) >= 11 is 6.72. The summed E-state index contributed by atoms with van der Waals surface area (Å²) in [6.45, 7) is 6.18. The van der Waals surface area contributed by atoms with Gasteiger partial charge in [-0.1, -0.05) is 133 Å². The van der Waals surface area contributed by atoms with Crippen molar-refractivity contribution in [2.24, 2.45) is 0 Å². The van der Waals surface area contributed by atoms with Gasteiger partial charge >= 0.3 is 13.5 Å². The molecule has 13 nitrogen and oxygen atoms in total. The molecule has 2 saturated heterocycles. The fourth-order valence-electron chi connectivity index (χ4n) is 7.52. The second-order valence-electron chi connectivity index (χ2n) is 14.7. The summed E-state index contributed by atoms with van der Waals surface area (Å²) in [5.41, 5.74) is -0.548. The van der Waals surface area contributed by atoms with E-state index in [1.165, 1.54) is 100 Å². The van der Waals surface area contributed by atoms with Crippen LogP contribution in [0, 0.1) is 0 Å². The van der Waals surface area contributed by atoms with Gasteiger partial charge in [-0.25, -0.2) is 9.36 Å². The molecule has 0 amide bonds. The molecule has 15 heteroatoms. The Bertz CT molecular complexity index is 1490. The summed E-state index contributed by atoms with van der Waals surface area (Å²) in [4.78, 5) is 37.5. The molecular formula is C38H61ClN3O10P. The van der Waals surface area contributed by atoms with Crippen LogP contribution < -0.4 is 11.2 Å². The lowest BCUT2D eigenvalue weighted by Crippen LogP contribution is -2.49. The Morgan fingerprint density at radius 3 is 2.00 bits per heavy atom. The fraction of sp³-hybridized carbons (Fsp3) is 0.737. The summed E-state index contributed by atoms with van der Waals surface area (Å²) in [5.74, 6) is -1.21. The molecule has 53 heavy (non-hydrogen) atoms. The smallest absolute Gasteiger partial charge is 0.381 e. The lowest BCUT2D eigenvalue weighted by Gasteiger charge is -2.41. The van der Waals surface area contributed by atoms with Crippen molar-refractivity contribution in [3.05, 3.63) is 57.6 Å². The number of anilines is 1. The average molecular weight is 786 g/mol. The normalized spacial score (nSPS) is 22.2. The minimum Gasteiger partial charge on any atom is -0.381 e. The fourth-order valence-corrected chi connectivity index (χ4v) is 8.53. The highest BCUT2D eigenvalue weighted by molar-refractivity contribution is 7.46. The molecule has 0 aliphatic carbocycles. The number of hydrogen-bond donors (Lipinski definition) is 4. The number of fused-ring (bicyclic) bond motifs is 1. The minimum absolute atomic E-state index is 0.0639. The van der Waals surface area contributed by atoms with Gasteiger partial charge in [0.25, 0.3) is 0 Å².